The summed E-state index contributed by atoms with van der Waals surface area (Å²) in [5.74, 6) is 0.276. The van der Waals surface area contributed by atoms with Crippen LogP contribution in [0.1, 0.15) is 22.7 Å². The van der Waals surface area contributed by atoms with E-state index in [2.05, 4.69) is 16.9 Å². The van der Waals surface area contributed by atoms with Crippen LogP contribution < -0.4 is 5.73 Å². The average molecular weight is 267 g/mol. The summed E-state index contributed by atoms with van der Waals surface area (Å²) < 4.78 is 0. The molecule has 0 amide bonds. The van der Waals surface area contributed by atoms with Crippen LogP contribution in [0.2, 0.25) is 0 Å². The Morgan fingerprint density at radius 3 is 2.75 bits per heavy atom. The molecule has 1 atom stereocenters. The molecule has 3 N–H and O–H groups in total. The fourth-order valence-corrected chi connectivity index (χ4v) is 2.67. The van der Waals surface area contributed by atoms with Crippen LogP contribution >= 0.6 is 0 Å². The van der Waals surface area contributed by atoms with Gasteiger partial charge in [0.2, 0.25) is 0 Å². The predicted molar refractivity (Wildman–Crippen MR) is 79.0 cm³/mol. The topological polar surface area (TPSA) is 62.4 Å². The van der Waals surface area contributed by atoms with Crippen LogP contribution in [0.3, 0.4) is 0 Å². The molecule has 0 bridgehead atoms. The summed E-state index contributed by atoms with van der Waals surface area (Å²) in [6, 6.07) is 9.43. The van der Waals surface area contributed by atoms with Gasteiger partial charge in [0, 0.05) is 30.2 Å². The van der Waals surface area contributed by atoms with Gasteiger partial charge in [0.05, 0.1) is 6.04 Å². The fourth-order valence-electron chi connectivity index (χ4n) is 2.67. The number of likely N-dealkylation sites (N-methyl/N-ethyl adjacent to an activating group) is 1. The van der Waals surface area contributed by atoms with Crippen molar-refractivity contribution in [2.45, 2.75) is 6.04 Å². The lowest BCUT2D eigenvalue weighted by molar-refractivity contribution is 0.311. The van der Waals surface area contributed by atoms with Crippen molar-refractivity contribution in [2.24, 2.45) is 5.73 Å². The van der Waals surface area contributed by atoms with Crippen molar-refractivity contribution in [3.8, 4) is 5.75 Å². The normalized spacial score (nSPS) is 19.1. The standard InChI is InChI=1S/C16H17N3O/c1-19-9-7-15(17)14-10-18-8-6-13(14)16(19)11-2-4-12(20)5-3-11/h2-8,10,16,20H,9,17H2,1H3. The highest BCUT2D eigenvalue weighted by Gasteiger charge is 2.24. The molecular weight excluding hydrogens is 250 g/mol. The Morgan fingerprint density at radius 2 is 2.00 bits per heavy atom. The highest BCUT2D eigenvalue weighted by Crippen LogP contribution is 2.34. The van der Waals surface area contributed by atoms with Crippen LogP contribution in [0.5, 0.6) is 5.75 Å². The van der Waals surface area contributed by atoms with Crippen LogP contribution in [0.15, 0.2) is 48.8 Å². The van der Waals surface area contributed by atoms with E-state index >= 15 is 0 Å². The maximum atomic E-state index is 9.46. The summed E-state index contributed by atoms with van der Waals surface area (Å²) in [6.07, 6.45) is 5.62. The summed E-state index contributed by atoms with van der Waals surface area (Å²) in [5.41, 5.74) is 10.1. The first kappa shape index (κ1) is 12.7. The zero-order valence-corrected chi connectivity index (χ0v) is 11.3. The molecule has 1 aromatic carbocycles. The molecule has 102 valence electrons. The molecule has 4 nitrogen and oxygen atoms in total. The number of aromatic hydroxyl groups is 1. The van der Waals surface area contributed by atoms with E-state index < -0.39 is 0 Å². The maximum Gasteiger partial charge on any atom is 0.115 e. The third kappa shape index (κ3) is 2.14. The van der Waals surface area contributed by atoms with Crippen molar-refractivity contribution in [2.75, 3.05) is 13.6 Å². The zero-order chi connectivity index (χ0) is 14.1. The molecule has 1 aromatic heterocycles. The van der Waals surface area contributed by atoms with E-state index in [-0.39, 0.29) is 11.8 Å². The van der Waals surface area contributed by atoms with Crippen LogP contribution in [0.25, 0.3) is 5.70 Å². The SMILES string of the molecule is CN1CC=C(N)c2cnccc2C1c1ccc(O)cc1. The monoisotopic (exact) mass is 267 g/mol. The Labute approximate surface area is 118 Å². The number of fused-ring (bicyclic) bond motifs is 1. The molecule has 0 aliphatic carbocycles. The lowest BCUT2D eigenvalue weighted by Crippen LogP contribution is -2.25. The number of rotatable bonds is 1. The minimum absolute atomic E-state index is 0.103. The number of hydrogen-bond acceptors (Lipinski definition) is 4. The van der Waals surface area contributed by atoms with Crippen LogP contribution in [-0.2, 0) is 0 Å². The summed E-state index contributed by atoms with van der Waals surface area (Å²) in [6.45, 7) is 0.770. The Morgan fingerprint density at radius 1 is 1.25 bits per heavy atom. The number of benzene rings is 1. The number of aromatic nitrogens is 1. The third-order valence-corrected chi connectivity index (χ3v) is 3.71. The number of phenolic OH excluding ortho intramolecular Hbond substituents is 1. The fraction of sp³-hybridized carbons (Fsp3) is 0.188. The van der Waals surface area contributed by atoms with Crippen molar-refractivity contribution < 1.29 is 5.11 Å². The summed E-state index contributed by atoms with van der Waals surface area (Å²) >= 11 is 0. The minimum atomic E-state index is 0.103. The average Bonchev–Trinajstić information content (AvgIpc) is 2.59. The summed E-state index contributed by atoms with van der Waals surface area (Å²) in [4.78, 5) is 6.41. The second-order valence-electron chi connectivity index (χ2n) is 5.06. The Kier molecular flexibility index (Phi) is 3.16. The Balaban J connectivity index is 2.14. The van der Waals surface area contributed by atoms with Crippen molar-refractivity contribution in [3.63, 3.8) is 0 Å². The lowest BCUT2D eigenvalue weighted by atomic mass is 9.94. The second-order valence-corrected chi connectivity index (χ2v) is 5.06. The molecule has 2 aromatic rings. The maximum absolute atomic E-state index is 9.46. The van der Waals surface area contributed by atoms with Crippen molar-refractivity contribution in [1.29, 1.82) is 0 Å². The molecule has 1 aliphatic heterocycles. The van der Waals surface area contributed by atoms with Gasteiger partial charge in [0.1, 0.15) is 5.75 Å². The number of phenols is 1. The van der Waals surface area contributed by atoms with Gasteiger partial charge >= 0.3 is 0 Å². The first-order valence-corrected chi connectivity index (χ1v) is 6.56. The quantitative estimate of drug-likeness (QED) is 0.831. The van der Waals surface area contributed by atoms with Gasteiger partial charge in [-0.15, -0.1) is 0 Å². The highest BCUT2D eigenvalue weighted by atomic mass is 16.3. The first-order chi connectivity index (χ1) is 9.66. The van der Waals surface area contributed by atoms with Crippen LogP contribution in [-0.4, -0.2) is 28.6 Å². The number of hydrogen-bond donors (Lipinski definition) is 2. The van der Waals surface area contributed by atoms with E-state index in [1.165, 1.54) is 0 Å². The second kappa shape index (κ2) is 4.98. The molecule has 0 spiro atoms. The molecule has 1 unspecified atom stereocenters. The zero-order valence-electron chi connectivity index (χ0n) is 11.3. The number of nitrogens with two attached hydrogens (primary N) is 1. The Bertz CT molecular complexity index is 649. The van der Waals surface area contributed by atoms with Gasteiger partial charge in [-0.25, -0.2) is 0 Å². The molecule has 20 heavy (non-hydrogen) atoms. The molecule has 1 aliphatic rings. The largest absolute Gasteiger partial charge is 0.508 e. The van der Waals surface area contributed by atoms with E-state index in [9.17, 15) is 5.11 Å². The van der Waals surface area contributed by atoms with Gasteiger partial charge in [-0.1, -0.05) is 12.1 Å². The van der Waals surface area contributed by atoms with E-state index in [1.807, 2.05) is 30.5 Å². The smallest absolute Gasteiger partial charge is 0.115 e. The number of nitrogens with zero attached hydrogens (tertiary/aromatic N) is 2. The molecule has 0 radical (unpaired) electrons. The van der Waals surface area contributed by atoms with Gasteiger partial charge in [0.25, 0.3) is 0 Å². The van der Waals surface area contributed by atoms with Gasteiger partial charge in [-0.2, -0.15) is 0 Å². The molecule has 0 saturated carbocycles. The van der Waals surface area contributed by atoms with E-state index in [4.69, 9.17) is 5.73 Å². The van der Waals surface area contributed by atoms with E-state index in [0.717, 1.165) is 28.9 Å². The van der Waals surface area contributed by atoms with Crippen molar-refractivity contribution in [3.05, 3.63) is 65.5 Å². The number of pyridine rings is 1. The minimum Gasteiger partial charge on any atom is -0.508 e. The Hall–Kier alpha value is -2.33. The van der Waals surface area contributed by atoms with E-state index in [0.29, 0.717) is 0 Å². The molecule has 2 heterocycles. The first-order valence-electron chi connectivity index (χ1n) is 6.56. The summed E-state index contributed by atoms with van der Waals surface area (Å²) in [5, 5.41) is 9.46. The highest BCUT2D eigenvalue weighted by molar-refractivity contribution is 5.67. The molecule has 4 heteroatoms. The van der Waals surface area contributed by atoms with Gasteiger partial charge < -0.3 is 10.8 Å². The van der Waals surface area contributed by atoms with Crippen molar-refractivity contribution in [1.82, 2.24) is 9.88 Å². The molecule has 3 rings (SSSR count). The predicted octanol–water partition coefficient (Wildman–Crippen LogP) is 2.12. The molecular formula is C16H17N3O. The van der Waals surface area contributed by atoms with Crippen LogP contribution in [0.4, 0.5) is 0 Å². The van der Waals surface area contributed by atoms with Gasteiger partial charge in [-0.05, 0) is 42.4 Å². The lowest BCUT2D eigenvalue weighted by Gasteiger charge is -2.27. The van der Waals surface area contributed by atoms with E-state index in [1.54, 1.807) is 18.3 Å². The molecule has 0 saturated heterocycles. The van der Waals surface area contributed by atoms with Gasteiger partial charge in [-0.3, -0.25) is 9.88 Å². The van der Waals surface area contributed by atoms with Crippen molar-refractivity contribution >= 4 is 5.70 Å². The third-order valence-electron chi connectivity index (χ3n) is 3.71. The van der Waals surface area contributed by atoms with Crippen LogP contribution in [0, 0.1) is 0 Å². The summed E-state index contributed by atoms with van der Waals surface area (Å²) in [7, 11) is 2.07. The van der Waals surface area contributed by atoms with Gasteiger partial charge in [0.15, 0.2) is 0 Å². The molecule has 0 fully saturated rings.